The van der Waals surface area contributed by atoms with Crippen LogP contribution in [0.5, 0.6) is 0 Å². The van der Waals surface area contributed by atoms with E-state index in [-0.39, 0.29) is 10.6 Å². The maximum absolute atomic E-state index is 13.0. The van der Waals surface area contributed by atoms with E-state index >= 15 is 0 Å². The Morgan fingerprint density at radius 2 is 2.08 bits per heavy atom. The van der Waals surface area contributed by atoms with Crippen molar-refractivity contribution in [3.63, 3.8) is 0 Å². The van der Waals surface area contributed by atoms with Crippen molar-refractivity contribution in [2.24, 2.45) is 0 Å². The fourth-order valence-electron chi connectivity index (χ4n) is 0.919. The van der Waals surface area contributed by atoms with Crippen molar-refractivity contribution in [3.05, 3.63) is 28.5 Å². The molecule has 0 saturated heterocycles. The third kappa shape index (κ3) is 2.06. The fourth-order valence-corrected chi connectivity index (χ4v) is 1.23. The molecule has 0 unspecified atom stereocenters. The summed E-state index contributed by atoms with van der Waals surface area (Å²) in [5.41, 5.74) is -0.376. The lowest BCUT2D eigenvalue weighted by Gasteiger charge is -2.04. The van der Waals surface area contributed by atoms with Gasteiger partial charge in [-0.15, -0.1) is 0 Å². The van der Waals surface area contributed by atoms with Crippen LogP contribution in [-0.4, -0.2) is 23.5 Å². The fraction of sp³-hybridized carbons (Fsp3) is 0. The first-order valence-corrected chi connectivity index (χ1v) is 3.74. The summed E-state index contributed by atoms with van der Waals surface area (Å²) in [6, 6.07) is 2.04. The topological polar surface area (TPSA) is 57.5 Å². The molecule has 0 bridgehead atoms. The van der Waals surface area contributed by atoms with Crippen molar-refractivity contribution in [2.75, 3.05) is 0 Å². The maximum atomic E-state index is 13.0. The molecule has 0 aliphatic rings. The average molecular weight is 202 g/mol. The van der Waals surface area contributed by atoms with Gasteiger partial charge in [-0.05, 0) is 12.1 Å². The molecule has 1 aromatic carbocycles. The Bertz CT molecular complexity index is 320. The number of benzene rings is 1. The summed E-state index contributed by atoms with van der Waals surface area (Å²) in [6.07, 6.45) is 0.419. The monoisotopic (exact) mass is 202 g/mol. The third-order valence-electron chi connectivity index (χ3n) is 1.50. The number of carbonyl (C=O) groups excluding carboxylic acids is 1. The van der Waals surface area contributed by atoms with Gasteiger partial charge in [0.1, 0.15) is 12.1 Å². The van der Waals surface area contributed by atoms with Crippen LogP contribution in [0.4, 0.5) is 4.39 Å². The van der Waals surface area contributed by atoms with Crippen LogP contribution in [0.3, 0.4) is 0 Å². The highest BCUT2D eigenvalue weighted by Gasteiger charge is 2.20. The Balaban J connectivity index is 3.31. The number of hydrogen-bond donors (Lipinski definition) is 2. The molecule has 13 heavy (non-hydrogen) atoms. The summed E-state index contributed by atoms with van der Waals surface area (Å²) >= 11 is 5.49. The van der Waals surface area contributed by atoms with Gasteiger partial charge in [0.2, 0.25) is 0 Å². The SMILES string of the molecule is O=Cc1cc(F)c(B(O)O)c(Cl)c1. The normalized spacial score (nSPS) is 9.85. The van der Waals surface area contributed by atoms with E-state index in [1.54, 1.807) is 0 Å². The molecule has 0 aliphatic carbocycles. The number of carbonyl (C=O) groups is 1. The summed E-state index contributed by atoms with van der Waals surface area (Å²) in [5, 5.41) is 17.2. The molecule has 0 atom stereocenters. The Hall–Kier alpha value is -0.905. The van der Waals surface area contributed by atoms with Crippen LogP contribution in [0.1, 0.15) is 10.4 Å². The number of hydrogen-bond acceptors (Lipinski definition) is 3. The summed E-state index contributed by atoms with van der Waals surface area (Å²) in [4.78, 5) is 10.2. The molecule has 0 saturated carbocycles. The Kier molecular flexibility index (Phi) is 3.03. The van der Waals surface area contributed by atoms with Gasteiger partial charge < -0.3 is 10.0 Å². The van der Waals surface area contributed by atoms with Crippen LogP contribution < -0.4 is 5.46 Å². The lowest BCUT2D eigenvalue weighted by molar-refractivity contribution is 0.112. The number of halogens is 2. The molecule has 1 rings (SSSR count). The van der Waals surface area contributed by atoms with Crippen LogP contribution in [0.2, 0.25) is 5.02 Å². The highest BCUT2D eigenvalue weighted by molar-refractivity contribution is 6.62. The zero-order valence-electron chi connectivity index (χ0n) is 6.37. The summed E-state index contributed by atoms with van der Waals surface area (Å²) in [6.45, 7) is 0. The molecule has 0 fully saturated rings. The molecule has 0 amide bonds. The van der Waals surface area contributed by atoms with Crippen LogP contribution in [-0.2, 0) is 0 Å². The van der Waals surface area contributed by atoms with E-state index in [1.807, 2.05) is 0 Å². The van der Waals surface area contributed by atoms with Crippen molar-refractivity contribution in [2.45, 2.75) is 0 Å². The Labute approximate surface area is 78.9 Å². The first-order valence-electron chi connectivity index (χ1n) is 3.36. The number of rotatable bonds is 2. The van der Waals surface area contributed by atoms with Crippen LogP contribution in [0, 0.1) is 5.82 Å². The second-order valence-corrected chi connectivity index (χ2v) is 2.80. The number of aldehydes is 1. The Morgan fingerprint density at radius 3 is 2.46 bits per heavy atom. The second-order valence-electron chi connectivity index (χ2n) is 2.39. The minimum Gasteiger partial charge on any atom is -0.423 e. The van der Waals surface area contributed by atoms with E-state index in [9.17, 15) is 9.18 Å². The quantitative estimate of drug-likeness (QED) is 0.523. The molecule has 0 heterocycles. The van der Waals surface area contributed by atoms with Gasteiger partial charge in [0.25, 0.3) is 0 Å². The molecular formula is C7H5BClFO3. The standard InChI is InChI=1S/C7H5BClFO3/c9-5-1-4(3-11)2-6(10)7(5)8(12)13/h1-3,12-13H. The summed E-state index contributed by atoms with van der Waals surface area (Å²) in [7, 11) is -1.98. The zero-order chi connectivity index (χ0) is 10.0. The highest BCUT2D eigenvalue weighted by Crippen LogP contribution is 2.11. The summed E-state index contributed by atoms with van der Waals surface area (Å²) < 4.78 is 13.0. The van der Waals surface area contributed by atoms with Crippen molar-refractivity contribution in [1.82, 2.24) is 0 Å². The van der Waals surface area contributed by atoms with E-state index in [2.05, 4.69) is 0 Å². The molecule has 3 nitrogen and oxygen atoms in total. The van der Waals surface area contributed by atoms with Gasteiger partial charge >= 0.3 is 7.12 Å². The van der Waals surface area contributed by atoms with E-state index in [0.717, 1.165) is 12.1 Å². The van der Waals surface area contributed by atoms with Gasteiger partial charge in [0, 0.05) is 16.0 Å². The predicted molar refractivity (Wildman–Crippen MR) is 46.6 cm³/mol. The molecule has 6 heteroatoms. The molecule has 1 aromatic rings. The maximum Gasteiger partial charge on any atom is 0.492 e. The lowest BCUT2D eigenvalue weighted by Crippen LogP contribution is -2.33. The minimum atomic E-state index is -1.98. The van der Waals surface area contributed by atoms with E-state index in [0.29, 0.717) is 6.29 Å². The van der Waals surface area contributed by atoms with Gasteiger partial charge in [-0.3, -0.25) is 4.79 Å². The minimum absolute atomic E-state index is 0.0481. The van der Waals surface area contributed by atoms with Gasteiger partial charge in [0.15, 0.2) is 0 Å². The first-order chi connectivity index (χ1) is 6.06. The van der Waals surface area contributed by atoms with Crippen molar-refractivity contribution < 1.29 is 19.2 Å². The van der Waals surface area contributed by atoms with Gasteiger partial charge in [0.05, 0.1) is 0 Å². The molecule has 0 aromatic heterocycles. The van der Waals surface area contributed by atoms with Gasteiger partial charge in [-0.25, -0.2) is 4.39 Å². The average Bonchev–Trinajstić information content (AvgIpc) is 2.02. The van der Waals surface area contributed by atoms with Gasteiger partial charge in [-0.2, -0.15) is 0 Å². The molecule has 0 spiro atoms. The third-order valence-corrected chi connectivity index (χ3v) is 1.81. The van der Waals surface area contributed by atoms with E-state index in [4.69, 9.17) is 21.6 Å². The molecular weight excluding hydrogens is 197 g/mol. The second kappa shape index (κ2) is 3.87. The molecule has 0 aliphatic heterocycles. The molecule has 2 N–H and O–H groups in total. The zero-order valence-corrected chi connectivity index (χ0v) is 7.12. The van der Waals surface area contributed by atoms with Crippen LogP contribution >= 0.6 is 11.6 Å². The predicted octanol–water partition coefficient (Wildman–Crippen LogP) is -0.0286. The summed E-state index contributed by atoms with van der Waals surface area (Å²) in [5.74, 6) is -0.912. The van der Waals surface area contributed by atoms with Crippen molar-refractivity contribution in [3.8, 4) is 0 Å². The van der Waals surface area contributed by atoms with Gasteiger partial charge in [-0.1, -0.05) is 11.6 Å². The largest absolute Gasteiger partial charge is 0.492 e. The van der Waals surface area contributed by atoms with Crippen LogP contribution in [0.15, 0.2) is 12.1 Å². The van der Waals surface area contributed by atoms with Crippen molar-refractivity contribution in [1.29, 1.82) is 0 Å². The van der Waals surface area contributed by atoms with E-state index in [1.165, 1.54) is 0 Å². The highest BCUT2D eigenvalue weighted by atomic mass is 35.5. The Morgan fingerprint density at radius 1 is 1.46 bits per heavy atom. The molecule has 0 radical (unpaired) electrons. The first kappa shape index (κ1) is 10.2. The molecule has 68 valence electrons. The lowest BCUT2D eigenvalue weighted by atomic mass is 9.79. The van der Waals surface area contributed by atoms with E-state index < -0.39 is 18.4 Å². The van der Waals surface area contributed by atoms with Crippen molar-refractivity contribution >= 4 is 30.5 Å². The smallest absolute Gasteiger partial charge is 0.423 e. The van der Waals surface area contributed by atoms with Crippen LogP contribution in [0.25, 0.3) is 0 Å².